The molecule has 0 amide bonds. The number of carbonyl (C=O) groups excluding carboxylic acids is 2. The third-order valence-corrected chi connectivity index (χ3v) is 4.31. The fraction of sp³-hybridized carbons (Fsp3) is 0.444. The smallest absolute Gasteiger partial charge is 0.233 e. The lowest BCUT2D eigenvalue weighted by Gasteiger charge is -2.30. The second kappa shape index (κ2) is 5.72. The van der Waals surface area contributed by atoms with Gasteiger partial charge in [0.2, 0.25) is 12.1 Å². The minimum atomic E-state index is -0.846. The van der Waals surface area contributed by atoms with Crippen molar-refractivity contribution in [3.63, 3.8) is 0 Å². The van der Waals surface area contributed by atoms with Gasteiger partial charge in [-0.3, -0.25) is 9.59 Å². The SMILES string of the molecule is CC1(C)C=C(C(=O)Cc2ccc(C=O)c(N)c2)C(C)(C)[N+](=O)C1. The number of hydrogen-bond acceptors (Lipinski definition) is 4. The Morgan fingerprint density at radius 1 is 1.30 bits per heavy atom. The van der Waals surface area contributed by atoms with E-state index in [9.17, 15) is 14.5 Å². The standard InChI is InChI=1S/C18H22N2O3/c1-17(2)9-14(18(3,4)20(23)11-17)16(22)8-12-5-6-13(10-21)15(19)7-12/h5-7,9-10H,8,11H2,1-4H3,(H-,19,21)/p+1. The molecule has 0 fully saturated rings. The summed E-state index contributed by atoms with van der Waals surface area (Å²) in [5.41, 5.74) is 6.62. The van der Waals surface area contributed by atoms with E-state index in [2.05, 4.69) is 0 Å². The van der Waals surface area contributed by atoms with Crippen molar-refractivity contribution in [1.29, 1.82) is 0 Å². The van der Waals surface area contributed by atoms with Gasteiger partial charge in [-0.15, -0.1) is 0 Å². The Hall–Kier alpha value is -2.30. The Balaban J connectivity index is 2.32. The zero-order chi connectivity index (χ0) is 17.4. The number of nitrogens with zero attached hydrogens (tertiary/aromatic N) is 1. The number of hydrogen-bond donors (Lipinski definition) is 1. The van der Waals surface area contributed by atoms with Crippen LogP contribution >= 0.6 is 0 Å². The number of carbonyl (C=O) groups is 2. The number of rotatable bonds is 4. The first-order valence-corrected chi connectivity index (χ1v) is 7.62. The Morgan fingerprint density at radius 2 is 1.96 bits per heavy atom. The van der Waals surface area contributed by atoms with Crippen molar-refractivity contribution in [3.05, 3.63) is 45.9 Å². The van der Waals surface area contributed by atoms with Crippen LogP contribution in [0.25, 0.3) is 0 Å². The number of nitroso groups, excluding NO2 is 1. The average Bonchev–Trinajstić information content (AvgIpc) is 2.43. The largest absolute Gasteiger partial charge is 0.398 e. The summed E-state index contributed by atoms with van der Waals surface area (Å²) in [6.07, 6.45) is 2.75. The molecular formula is C18H23N2O3+. The summed E-state index contributed by atoms with van der Waals surface area (Å²) < 4.78 is 0.976. The van der Waals surface area contributed by atoms with Crippen LogP contribution in [0.1, 0.15) is 43.6 Å². The normalized spacial score (nSPS) is 19.1. The van der Waals surface area contributed by atoms with Gasteiger partial charge in [0.05, 0.1) is 5.57 Å². The third kappa shape index (κ3) is 3.38. The van der Waals surface area contributed by atoms with Crippen molar-refractivity contribution in [2.24, 2.45) is 5.41 Å². The maximum absolute atomic E-state index is 12.7. The van der Waals surface area contributed by atoms with Crippen molar-refractivity contribution >= 4 is 17.8 Å². The summed E-state index contributed by atoms with van der Waals surface area (Å²) in [6.45, 7) is 7.78. The van der Waals surface area contributed by atoms with Crippen molar-refractivity contribution in [2.75, 3.05) is 12.3 Å². The van der Waals surface area contributed by atoms with E-state index in [1.165, 1.54) is 0 Å². The van der Waals surface area contributed by atoms with Crippen molar-refractivity contribution < 1.29 is 14.3 Å². The highest BCUT2D eigenvalue weighted by atomic mass is 16.3. The molecule has 1 heterocycles. The van der Waals surface area contributed by atoms with Crippen LogP contribution in [0.2, 0.25) is 0 Å². The van der Waals surface area contributed by atoms with E-state index < -0.39 is 5.54 Å². The maximum Gasteiger partial charge on any atom is 0.233 e. The van der Waals surface area contributed by atoms with Crippen LogP contribution < -0.4 is 5.73 Å². The van der Waals surface area contributed by atoms with Crippen LogP contribution in [0.3, 0.4) is 0 Å². The van der Waals surface area contributed by atoms with Crippen LogP contribution in [0.15, 0.2) is 29.8 Å². The molecule has 2 rings (SSSR count). The fourth-order valence-corrected chi connectivity index (χ4v) is 2.86. The van der Waals surface area contributed by atoms with Gasteiger partial charge in [0.25, 0.3) is 0 Å². The first kappa shape index (κ1) is 17.1. The number of nitrogen functional groups attached to an aromatic ring is 1. The van der Waals surface area contributed by atoms with Gasteiger partial charge in [0.15, 0.2) is 12.1 Å². The first-order valence-electron chi connectivity index (χ1n) is 7.62. The summed E-state index contributed by atoms with van der Waals surface area (Å²) in [5.74, 6) is -0.0955. The molecule has 2 N–H and O–H groups in total. The molecule has 1 aliphatic rings. The second-order valence-electron chi connectivity index (χ2n) is 7.32. The molecule has 0 saturated heterocycles. The lowest BCUT2D eigenvalue weighted by Crippen LogP contribution is -2.48. The molecule has 1 aromatic rings. The molecule has 1 aliphatic heterocycles. The third-order valence-electron chi connectivity index (χ3n) is 4.31. The van der Waals surface area contributed by atoms with Gasteiger partial charge in [-0.2, -0.15) is 0 Å². The summed E-state index contributed by atoms with van der Waals surface area (Å²) in [7, 11) is 0. The number of Topliss-reactive ketones (excluding diaryl/α,β-unsaturated/α-hetero) is 1. The molecule has 0 saturated carbocycles. The Morgan fingerprint density at radius 3 is 2.52 bits per heavy atom. The molecule has 122 valence electrons. The van der Waals surface area contributed by atoms with Gasteiger partial charge in [0.1, 0.15) is 0 Å². The number of benzene rings is 1. The lowest BCUT2D eigenvalue weighted by atomic mass is 9.77. The predicted octanol–water partition coefficient (Wildman–Crippen LogP) is 2.72. The topological polar surface area (TPSA) is 80.2 Å². The van der Waals surface area contributed by atoms with E-state index in [-0.39, 0.29) is 17.6 Å². The van der Waals surface area contributed by atoms with Crippen LogP contribution in [0.5, 0.6) is 0 Å². The van der Waals surface area contributed by atoms with Crippen LogP contribution in [-0.2, 0) is 11.2 Å². The zero-order valence-corrected chi connectivity index (χ0v) is 14.1. The zero-order valence-electron chi connectivity index (χ0n) is 14.1. The number of aldehydes is 1. The highest BCUT2D eigenvalue weighted by Crippen LogP contribution is 2.35. The number of nitrogens with two attached hydrogens (primary N) is 1. The Bertz CT molecular complexity index is 715. The molecule has 23 heavy (non-hydrogen) atoms. The van der Waals surface area contributed by atoms with Crippen molar-refractivity contribution in [3.8, 4) is 0 Å². The van der Waals surface area contributed by atoms with Gasteiger partial charge >= 0.3 is 0 Å². The molecule has 1 aromatic carbocycles. The summed E-state index contributed by atoms with van der Waals surface area (Å²) in [4.78, 5) is 35.8. The van der Waals surface area contributed by atoms with Crippen molar-refractivity contribution in [1.82, 2.24) is 0 Å². The summed E-state index contributed by atoms with van der Waals surface area (Å²) in [6, 6.07) is 4.96. The molecule has 0 unspecified atom stereocenters. The van der Waals surface area contributed by atoms with Crippen LogP contribution in [0.4, 0.5) is 5.69 Å². The lowest BCUT2D eigenvalue weighted by molar-refractivity contribution is -0.622. The van der Waals surface area contributed by atoms with Gasteiger partial charge in [-0.25, -0.2) is 0 Å². The van der Waals surface area contributed by atoms with E-state index in [1.807, 2.05) is 19.9 Å². The highest BCUT2D eigenvalue weighted by molar-refractivity contribution is 5.99. The van der Waals surface area contributed by atoms with E-state index in [1.54, 1.807) is 32.0 Å². The van der Waals surface area contributed by atoms with E-state index in [0.29, 0.717) is 29.7 Å². The monoisotopic (exact) mass is 315 g/mol. The number of anilines is 1. The average molecular weight is 315 g/mol. The summed E-state index contributed by atoms with van der Waals surface area (Å²) in [5, 5.41) is 0. The van der Waals surface area contributed by atoms with E-state index >= 15 is 0 Å². The number of ketones is 1. The molecule has 0 aliphatic carbocycles. The first-order chi connectivity index (χ1) is 10.6. The van der Waals surface area contributed by atoms with Gasteiger partial charge in [0, 0.05) is 46.6 Å². The van der Waals surface area contributed by atoms with Gasteiger partial charge in [-0.05, 0) is 17.7 Å². The molecular weight excluding hydrogens is 292 g/mol. The van der Waals surface area contributed by atoms with Gasteiger partial charge in [-0.1, -0.05) is 26.0 Å². The molecule has 0 radical (unpaired) electrons. The van der Waals surface area contributed by atoms with E-state index in [0.717, 1.165) is 10.3 Å². The minimum Gasteiger partial charge on any atom is -0.398 e. The second-order valence-corrected chi connectivity index (χ2v) is 7.32. The quantitative estimate of drug-likeness (QED) is 0.526. The van der Waals surface area contributed by atoms with Crippen LogP contribution in [0, 0.1) is 10.3 Å². The van der Waals surface area contributed by atoms with Crippen LogP contribution in [-0.4, -0.2) is 28.9 Å². The Labute approximate surface area is 136 Å². The molecule has 5 nitrogen and oxygen atoms in total. The molecule has 0 atom stereocenters. The highest BCUT2D eigenvalue weighted by Gasteiger charge is 2.49. The van der Waals surface area contributed by atoms with E-state index in [4.69, 9.17) is 5.73 Å². The van der Waals surface area contributed by atoms with Gasteiger partial charge < -0.3 is 5.73 Å². The Kier molecular flexibility index (Phi) is 4.24. The van der Waals surface area contributed by atoms with Crippen molar-refractivity contribution in [2.45, 2.75) is 39.7 Å². The maximum atomic E-state index is 12.7. The predicted molar refractivity (Wildman–Crippen MR) is 89.4 cm³/mol. The minimum absolute atomic E-state index is 0.0955. The fourth-order valence-electron chi connectivity index (χ4n) is 2.86. The molecule has 5 heteroatoms. The molecule has 0 aromatic heterocycles. The summed E-state index contributed by atoms with van der Waals surface area (Å²) >= 11 is 0. The molecule has 0 bridgehead atoms. The molecule has 0 spiro atoms.